The third-order valence-electron chi connectivity index (χ3n) is 4.64. The third-order valence-corrected chi connectivity index (χ3v) is 4.64. The van der Waals surface area contributed by atoms with E-state index in [1.54, 1.807) is 0 Å². The van der Waals surface area contributed by atoms with Crippen molar-refractivity contribution >= 4 is 22.5 Å². The van der Waals surface area contributed by atoms with E-state index in [4.69, 9.17) is 0 Å². The summed E-state index contributed by atoms with van der Waals surface area (Å²) in [6, 6.07) is 18.2. The minimum Gasteiger partial charge on any atom is -0.363 e. The second-order valence-electron chi connectivity index (χ2n) is 6.48. The molecule has 2 heterocycles. The van der Waals surface area contributed by atoms with Crippen molar-refractivity contribution in [2.45, 2.75) is 25.9 Å². The fourth-order valence-corrected chi connectivity index (χ4v) is 3.36. The zero-order chi connectivity index (χ0) is 17.2. The largest absolute Gasteiger partial charge is 0.363 e. The Morgan fingerprint density at radius 2 is 1.76 bits per heavy atom. The van der Waals surface area contributed by atoms with E-state index in [0.717, 1.165) is 27.8 Å². The van der Waals surface area contributed by atoms with Gasteiger partial charge >= 0.3 is 0 Å². The summed E-state index contributed by atoms with van der Waals surface area (Å²) in [4.78, 5) is 14.2. The Bertz CT molecular complexity index is 910. The summed E-state index contributed by atoms with van der Waals surface area (Å²) in [7, 11) is 0. The molecule has 0 aliphatic carbocycles. The van der Waals surface area contributed by atoms with E-state index in [0.29, 0.717) is 19.5 Å². The highest BCUT2D eigenvalue weighted by molar-refractivity contribution is 5.93. The first-order valence-electron chi connectivity index (χ1n) is 8.51. The number of aromatic nitrogens is 2. The van der Waals surface area contributed by atoms with Crippen molar-refractivity contribution in [3.63, 3.8) is 0 Å². The van der Waals surface area contributed by atoms with Crippen LogP contribution in [0.3, 0.4) is 0 Å². The van der Waals surface area contributed by atoms with Crippen LogP contribution in [0.15, 0.2) is 54.6 Å². The highest BCUT2D eigenvalue weighted by Crippen LogP contribution is 2.25. The summed E-state index contributed by atoms with van der Waals surface area (Å²) in [5.41, 5.74) is 2.06. The van der Waals surface area contributed by atoms with Crippen molar-refractivity contribution in [2.75, 3.05) is 11.9 Å². The van der Waals surface area contributed by atoms with E-state index in [9.17, 15) is 4.79 Å². The van der Waals surface area contributed by atoms with Crippen molar-refractivity contribution in [3.05, 3.63) is 65.9 Å². The van der Waals surface area contributed by atoms with Gasteiger partial charge in [-0.25, -0.2) is 0 Å². The van der Waals surface area contributed by atoms with E-state index in [2.05, 4.69) is 15.5 Å². The number of hydrogen-bond acceptors (Lipinski definition) is 4. The smallest absolute Gasteiger partial charge is 0.225 e. The van der Waals surface area contributed by atoms with Gasteiger partial charge in [-0.3, -0.25) is 4.79 Å². The van der Waals surface area contributed by atoms with E-state index in [1.807, 2.05) is 66.4 Å². The second kappa shape index (κ2) is 6.51. The fourth-order valence-electron chi connectivity index (χ4n) is 3.36. The van der Waals surface area contributed by atoms with Gasteiger partial charge in [0.1, 0.15) is 0 Å². The van der Waals surface area contributed by atoms with Gasteiger partial charge in [-0.2, -0.15) is 5.10 Å². The van der Waals surface area contributed by atoms with Crippen LogP contribution >= 0.6 is 0 Å². The lowest BCUT2D eigenvalue weighted by Gasteiger charge is -2.18. The zero-order valence-corrected chi connectivity index (χ0v) is 14.1. The molecule has 1 aromatic heterocycles. The molecule has 2 aromatic carbocycles. The molecule has 4 rings (SSSR count). The van der Waals surface area contributed by atoms with Crippen molar-refractivity contribution in [3.8, 4) is 0 Å². The first-order chi connectivity index (χ1) is 12.2. The summed E-state index contributed by atoms with van der Waals surface area (Å²) >= 11 is 0. The Hall–Kier alpha value is -2.95. The lowest BCUT2D eigenvalue weighted by Crippen LogP contribution is -2.27. The average molecular weight is 332 g/mol. The molecule has 5 nitrogen and oxygen atoms in total. The van der Waals surface area contributed by atoms with Crippen LogP contribution in [0.25, 0.3) is 10.8 Å². The summed E-state index contributed by atoms with van der Waals surface area (Å²) < 4.78 is 0. The van der Waals surface area contributed by atoms with Gasteiger partial charge in [0.2, 0.25) is 5.91 Å². The van der Waals surface area contributed by atoms with Crippen LogP contribution in [0.4, 0.5) is 5.82 Å². The number of benzene rings is 2. The predicted octanol–water partition coefficient (Wildman–Crippen LogP) is 3.15. The maximum Gasteiger partial charge on any atom is 0.225 e. The standard InChI is InChI=1S/C20H20N4O/c1-14-17-9-5-6-10-18(17)20(23-22-14)21-16-11-19(25)24(13-16)12-15-7-3-2-4-8-15/h2-10,16H,11-13H2,1H3,(H,21,23)/t16-/m0/s1. The van der Waals surface area contributed by atoms with Crippen molar-refractivity contribution in [2.24, 2.45) is 0 Å². The molecule has 0 unspecified atom stereocenters. The van der Waals surface area contributed by atoms with Crippen LogP contribution in [0.1, 0.15) is 17.7 Å². The second-order valence-corrected chi connectivity index (χ2v) is 6.48. The summed E-state index contributed by atoms with van der Waals surface area (Å²) in [6.45, 7) is 3.29. The first-order valence-corrected chi connectivity index (χ1v) is 8.51. The third kappa shape index (κ3) is 3.18. The molecule has 1 saturated heterocycles. The zero-order valence-electron chi connectivity index (χ0n) is 14.1. The molecule has 1 aliphatic heterocycles. The van der Waals surface area contributed by atoms with E-state index in [-0.39, 0.29) is 11.9 Å². The molecule has 1 amide bonds. The number of rotatable bonds is 4. The molecule has 5 heteroatoms. The maximum absolute atomic E-state index is 12.3. The molecule has 0 bridgehead atoms. The van der Waals surface area contributed by atoms with Crippen LogP contribution < -0.4 is 5.32 Å². The van der Waals surface area contributed by atoms with Gasteiger partial charge in [0.05, 0.1) is 11.7 Å². The Kier molecular flexibility index (Phi) is 4.06. The van der Waals surface area contributed by atoms with Crippen molar-refractivity contribution in [1.29, 1.82) is 0 Å². The molecule has 0 spiro atoms. The lowest BCUT2D eigenvalue weighted by molar-refractivity contribution is -0.128. The minimum atomic E-state index is 0.0524. The predicted molar refractivity (Wildman–Crippen MR) is 98.2 cm³/mol. The molecule has 1 atom stereocenters. The van der Waals surface area contributed by atoms with Gasteiger partial charge in [0.15, 0.2) is 5.82 Å². The number of likely N-dealkylation sites (tertiary alicyclic amines) is 1. The molecular weight excluding hydrogens is 312 g/mol. The van der Waals surface area contributed by atoms with Crippen molar-refractivity contribution in [1.82, 2.24) is 15.1 Å². The first kappa shape index (κ1) is 15.6. The van der Waals surface area contributed by atoms with Gasteiger partial charge in [-0.05, 0) is 12.5 Å². The molecule has 1 aliphatic rings. The number of carbonyl (C=O) groups excluding carboxylic acids is 1. The van der Waals surface area contributed by atoms with Crippen molar-refractivity contribution < 1.29 is 4.79 Å². The molecular formula is C20H20N4O. The lowest BCUT2D eigenvalue weighted by atomic mass is 10.1. The Morgan fingerprint density at radius 3 is 2.56 bits per heavy atom. The SMILES string of the molecule is Cc1nnc(N[C@H]2CC(=O)N(Cc3ccccc3)C2)c2ccccc12. The van der Waals surface area contributed by atoms with E-state index >= 15 is 0 Å². The number of fused-ring (bicyclic) bond motifs is 1. The van der Waals surface area contributed by atoms with Gasteiger partial charge in [-0.1, -0.05) is 54.6 Å². The molecule has 3 aromatic rings. The summed E-state index contributed by atoms with van der Waals surface area (Å²) in [5, 5.41) is 14.1. The molecule has 1 fully saturated rings. The molecule has 25 heavy (non-hydrogen) atoms. The Morgan fingerprint density at radius 1 is 1.04 bits per heavy atom. The van der Waals surface area contributed by atoms with Crippen LogP contribution in [0.5, 0.6) is 0 Å². The molecule has 1 N–H and O–H groups in total. The van der Waals surface area contributed by atoms with Crippen LogP contribution in [-0.2, 0) is 11.3 Å². The summed E-state index contributed by atoms with van der Waals surface area (Å²) in [5.74, 6) is 0.922. The van der Waals surface area contributed by atoms with Gasteiger partial charge in [0.25, 0.3) is 0 Å². The van der Waals surface area contributed by atoms with Crippen LogP contribution in [0.2, 0.25) is 0 Å². The fraction of sp³-hybridized carbons (Fsp3) is 0.250. The number of amides is 1. The monoisotopic (exact) mass is 332 g/mol. The summed E-state index contributed by atoms with van der Waals surface area (Å²) in [6.07, 6.45) is 0.483. The van der Waals surface area contributed by atoms with Crippen LogP contribution in [-0.4, -0.2) is 33.6 Å². The molecule has 0 saturated carbocycles. The highest BCUT2D eigenvalue weighted by atomic mass is 16.2. The molecule has 126 valence electrons. The van der Waals surface area contributed by atoms with Gasteiger partial charge in [-0.15, -0.1) is 5.10 Å². The molecule has 0 radical (unpaired) electrons. The number of carbonyl (C=O) groups is 1. The highest BCUT2D eigenvalue weighted by Gasteiger charge is 2.30. The number of aryl methyl sites for hydroxylation is 1. The maximum atomic E-state index is 12.3. The number of anilines is 1. The van der Waals surface area contributed by atoms with E-state index < -0.39 is 0 Å². The van der Waals surface area contributed by atoms with Gasteiger partial charge < -0.3 is 10.2 Å². The van der Waals surface area contributed by atoms with Crippen LogP contribution in [0, 0.1) is 6.92 Å². The topological polar surface area (TPSA) is 58.1 Å². The number of hydrogen-bond donors (Lipinski definition) is 1. The van der Waals surface area contributed by atoms with E-state index in [1.165, 1.54) is 0 Å². The minimum absolute atomic E-state index is 0.0524. The average Bonchev–Trinajstić information content (AvgIpc) is 2.98. The Balaban J connectivity index is 1.51. The quantitative estimate of drug-likeness (QED) is 0.797. The normalized spacial score (nSPS) is 17.2. The number of nitrogens with zero attached hydrogens (tertiary/aromatic N) is 3. The number of nitrogens with one attached hydrogen (secondary N) is 1. The Labute approximate surface area is 146 Å². The van der Waals surface area contributed by atoms with Gasteiger partial charge in [0, 0.05) is 30.3 Å².